The normalized spacial score (nSPS) is 9.94. The summed E-state index contributed by atoms with van der Waals surface area (Å²) in [5.41, 5.74) is 1.63. The van der Waals surface area contributed by atoms with Crippen molar-refractivity contribution in [1.82, 2.24) is 4.57 Å². The van der Waals surface area contributed by atoms with E-state index in [4.69, 9.17) is 4.74 Å². The molecule has 0 aliphatic heterocycles. The summed E-state index contributed by atoms with van der Waals surface area (Å²) in [4.78, 5) is 11.4. The van der Waals surface area contributed by atoms with Crippen LogP contribution in [0.3, 0.4) is 0 Å². The largest absolute Gasteiger partial charge is 0.450 e. The van der Waals surface area contributed by atoms with Crippen molar-refractivity contribution < 1.29 is 9.53 Å². The molecular weight excluding hydrogens is 216 g/mol. The molecule has 0 aliphatic carbocycles. The number of para-hydroxylation sites is 2. The lowest BCUT2D eigenvalue weighted by Crippen LogP contribution is -2.14. The molecule has 0 saturated carbocycles. The smallest absolute Gasteiger partial charge is 0.411 e. The summed E-state index contributed by atoms with van der Waals surface area (Å²) < 4.78 is 6.79. The minimum Gasteiger partial charge on any atom is -0.450 e. The lowest BCUT2D eigenvalue weighted by Gasteiger charge is -2.11. The van der Waals surface area contributed by atoms with Crippen molar-refractivity contribution in [2.75, 3.05) is 11.9 Å². The number of hydrogen-bond donors (Lipinski definition) is 1. The first kappa shape index (κ1) is 11.3. The zero-order chi connectivity index (χ0) is 12.1. The van der Waals surface area contributed by atoms with E-state index < -0.39 is 6.09 Å². The SMILES string of the molecule is CCOC(=O)Nc1ccccc1-n1cccc1. The van der Waals surface area contributed by atoms with E-state index in [2.05, 4.69) is 5.32 Å². The number of aromatic nitrogens is 1. The van der Waals surface area contributed by atoms with Gasteiger partial charge in [-0.2, -0.15) is 0 Å². The van der Waals surface area contributed by atoms with Crippen molar-refractivity contribution in [3.05, 3.63) is 48.8 Å². The van der Waals surface area contributed by atoms with Gasteiger partial charge in [-0.1, -0.05) is 12.1 Å². The van der Waals surface area contributed by atoms with Crippen LogP contribution in [0.5, 0.6) is 0 Å². The highest BCUT2D eigenvalue weighted by Gasteiger charge is 2.07. The van der Waals surface area contributed by atoms with Gasteiger partial charge in [-0.15, -0.1) is 0 Å². The molecule has 4 nitrogen and oxygen atoms in total. The van der Waals surface area contributed by atoms with Gasteiger partial charge in [0.2, 0.25) is 0 Å². The van der Waals surface area contributed by atoms with Crippen LogP contribution >= 0.6 is 0 Å². The highest BCUT2D eigenvalue weighted by atomic mass is 16.5. The molecule has 1 aromatic heterocycles. The summed E-state index contributed by atoms with van der Waals surface area (Å²) in [6.07, 6.45) is 3.41. The summed E-state index contributed by atoms with van der Waals surface area (Å²) in [5, 5.41) is 2.72. The van der Waals surface area contributed by atoms with Crippen LogP contribution in [0.4, 0.5) is 10.5 Å². The zero-order valence-corrected chi connectivity index (χ0v) is 9.59. The Balaban J connectivity index is 2.25. The minimum atomic E-state index is -0.438. The lowest BCUT2D eigenvalue weighted by atomic mass is 10.2. The number of benzene rings is 1. The van der Waals surface area contributed by atoms with E-state index in [1.807, 2.05) is 53.4 Å². The zero-order valence-electron chi connectivity index (χ0n) is 9.59. The molecule has 1 amide bonds. The Bertz CT molecular complexity index is 492. The molecule has 1 heterocycles. The average Bonchev–Trinajstić information content (AvgIpc) is 2.83. The van der Waals surface area contributed by atoms with Crippen molar-refractivity contribution in [1.29, 1.82) is 0 Å². The maximum Gasteiger partial charge on any atom is 0.411 e. The number of nitrogens with one attached hydrogen (secondary N) is 1. The number of rotatable bonds is 3. The second-order valence-electron chi connectivity index (χ2n) is 3.45. The molecule has 0 unspecified atom stereocenters. The predicted octanol–water partition coefficient (Wildman–Crippen LogP) is 3.05. The Hall–Kier alpha value is -2.23. The van der Waals surface area contributed by atoms with E-state index in [1.54, 1.807) is 6.92 Å². The number of amides is 1. The molecule has 0 radical (unpaired) electrons. The van der Waals surface area contributed by atoms with Crippen molar-refractivity contribution in [2.45, 2.75) is 6.92 Å². The van der Waals surface area contributed by atoms with Gasteiger partial charge in [-0.25, -0.2) is 4.79 Å². The van der Waals surface area contributed by atoms with Crippen LogP contribution in [0.25, 0.3) is 5.69 Å². The first-order chi connectivity index (χ1) is 8.31. The molecule has 2 rings (SSSR count). The van der Waals surface area contributed by atoms with Gasteiger partial charge in [0.05, 0.1) is 18.0 Å². The van der Waals surface area contributed by atoms with Crippen molar-refractivity contribution in [3.8, 4) is 5.69 Å². The van der Waals surface area contributed by atoms with E-state index in [0.29, 0.717) is 6.61 Å². The summed E-state index contributed by atoms with van der Waals surface area (Å²) in [5.74, 6) is 0. The Labute approximate surface area is 99.8 Å². The first-order valence-corrected chi connectivity index (χ1v) is 5.47. The van der Waals surface area contributed by atoms with E-state index in [0.717, 1.165) is 11.4 Å². The van der Waals surface area contributed by atoms with E-state index >= 15 is 0 Å². The Morgan fingerprint density at radius 3 is 2.65 bits per heavy atom. The van der Waals surface area contributed by atoms with Crippen LogP contribution in [0.2, 0.25) is 0 Å². The van der Waals surface area contributed by atoms with Crippen LogP contribution in [0.1, 0.15) is 6.92 Å². The van der Waals surface area contributed by atoms with Crippen LogP contribution in [-0.4, -0.2) is 17.3 Å². The number of carbonyl (C=O) groups is 1. The summed E-state index contributed by atoms with van der Waals surface area (Å²) in [6.45, 7) is 2.13. The maximum atomic E-state index is 11.4. The Kier molecular flexibility index (Phi) is 3.45. The average molecular weight is 230 g/mol. The third-order valence-corrected chi connectivity index (χ3v) is 2.30. The van der Waals surface area contributed by atoms with Gasteiger partial charge >= 0.3 is 6.09 Å². The molecule has 17 heavy (non-hydrogen) atoms. The molecule has 88 valence electrons. The van der Waals surface area contributed by atoms with E-state index in [1.165, 1.54) is 0 Å². The summed E-state index contributed by atoms with van der Waals surface area (Å²) >= 11 is 0. The van der Waals surface area contributed by atoms with Gasteiger partial charge in [0.15, 0.2) is 0 Å². The number of hydrogen-bond acceptors (Lipinski definition) is 2. The van der Waals surface area contributed by atoms with Gasteiger partial charge < -0.3 is 9.30 Å². The molecule has 0 bridgehead atoms. The highest BCUT2D eigenvalue weighted by molar-refractivity contribution is 5.87. The van der Waals surface area contributed by atoms with E-state index in [-0.39, 0.29) is 0 Å². The lowest BCUT2D eigenvalue weighted by molar-refractivity contribution is 0.168. The van der Waals surface area contributed by atoms with Crippen LogP contribution < -0.4 is 5.32 Å². The van der Waals surface area contributed by atoms with Crippen LogP contribution in [-0.2, 0) is 4.74 Å². The van der Waals surface area contributed by atoms with Gasteiger partial charge in [-0.05, 0) is 31.2 Å². The number of ether oxygens (including phenoxy) is 1. The number of nitrogens with zero attached hydrogens (tertiary/aromatic N) is 1. The van der Waals surface area contributed by atoms with Gasteiger partial charge in [0.1, 0.15) is 0 Å². The molecule has 0 spiro atoms. The molecule has 2 aromatic rings. The molecule has 0 fully saturated rings. The Morgan fingerprint density at radius 1 is 1.24 bits per heavy atom. The third kappa shape index (κ3) is 2.66. The van der Waals surface area contributed by atoms with Gasteiger partial charge in [0.25, 0.3) is 0 Å². The van der Waals surface area contributed by atoms with Crippen LogP contribution in [0.15, 0.2) is 48.8 Å². The first-order valence-electron chi connectivity index (χ1n) is 5.47. The monoisotopic (exact) mass is 230 g/mol. The summed E-state index contributed by atoms with van der Waals surface area (Å²) in [6, 6.07) is 11.4. The molecule has 1 aromatic carbocycles. The minimum absolute atomic E-state index is 0.359. The second kappa shape index (κ2) is 5.21. The topological polar surface area (TPSA) is 43.3 Å². The molecular formula is C13H14N2O2. The van der Waals surface area contributed by atoms with Crippen molar-refractivity contribution in [3.63, 3.8) is 0 Å². The fourth-order valence-corrected chi connectivity index (χ4v) is 1.58. The molecule has 0 aliphatic rings. The number of anilines is 1. The predicted molar refractivity (Wildman–Crippen MR) is 66.4 cm³/mol. The maximum absolute atomic E-state index is 11.4. The standard InChI is InChI=1S/C13H14N2O2/c1-2-17-13(16)14-11-7-3-4-8-12(11)15-9-5-6-10-15/h3-10H,2H2,1H3,(H,14,16). The molecule has 1 N–H and O–H groups in total. The second-order valence-corrected chi connectivity index (χ2v) is 3.45. The Morgan fingerprint density at radius 2 is 1.94 bits per heavy atom. The third-order valence-electron chi connectivity index (χ3n) is 2.30. The fraction of sp³-hybridized carbons (Fsp3) is 0.154. The van der Waals surface area contributed by atoms with Crippen molar-refractivity contribution >= 4 is 11.8 Å². The number of carbonyl (C=O) groups excluding carboxylic acids is 1. The van der Waals surface area contributed by atoms with Crippen molar-refractivity contribution in [2.24, 2.45) is 0 Å². The molecule has 0 atom stereocenters. The van der Waals surface area contributed by atoms with E-state index in [9.17, 15) is 4.79 Å². The van der Waals surface area contributed by atoms with Gasteiger partial charge in [-0.3, -0.25) is 5.32 Å². The molecule has 4 heteroatoms. The quantitative estimate of drug-likeness (QED) is 0.880. The van der Waals surface area contributed by atoms with Crippen LogP contribution in [0, 0.1) is 0 Å². The summed E-state index contributed by atoms with van der Waals surface area (Å²) in [7, 11) is 0. The van der Waals surface area contributed by atoms with Gasteiger partial charge in [0, 0.05) is 12.4 Å². The molecule has 0 saturated heterocycles. The fourth-order valence-electron chi connectivity index (χ4n) is 1.58. The highest BCUT2D eigenvalue weighted by Crippen LogP contribution is 2.19.